The minimum absolute atomic E-state index is 0.240. The van der Waals surface area contributed by atoms with Crippen LogP contribution in [-0.2, 0) is 11.3 Å². The number of carbonyl (C=O) groups is 2. The van der Waals surface area contributed by atoms with Gasteiger partial charge in [-0.25, -0.2) is 9.78 Å². The van der Waals surface area contributed by atoms with Gasteiger partial charge in [0.15, 0.2) is 0 Å². The first kappa shape index (κ1) is 16.7. The molecule has 0 unspecified atom stereocenters. The van der Waals surface area contributed by atoms with E-state index in [1.54, 1.807) is 43.4 Å². The number of rotatable bonds is 3. The number of aromatic nitrogens is 2. The smallest absolute Gasteiger partial charge is 0.337 e. The molecule has 0 atom stereocenters. The lowest BCUT2D eigenvalue weighted by Crippen LogP contribution is -2.10. The van der Waals surface area contributed by atoms with Crippen molar-refractivity contribution in [2.45, 2.75) is 6.54 Å². The Balaban J connectivity index is 2.03. The Morgan fingerprint density at radius 2 is 2.20 bits per heavy atom. The highest BCUT2D eigenvalue weighted by Crippen LogP contribution is 2.33. The van der Waals surface area contributed by atoms with Gasteiger partial charge in [0.25, 0.3) is 5.91 Å². The maximum Gasteiger partial charge on any atom is 0.337 e. The van der Waals surface area contributed by atoms with Crippen molar-refractivity contribution in [1.82, 2.24) is 14.5 Å². The number of esters is 1. The van der Waals surface area contributed by atoms with Crippen LogP contribution < -0.4 is 4.74 Å². The second-order valence-electron chi connectivity index (χ2n) is 5.71. The third kappa shape index (κ3) is 3.37. The van der Waals surface area contributed by atoms with Crippen molar-refractivity contribution in [3.05, 3.63) is 35.7 Å². The normalized spacial score (nSPS) is 12.8. The minimum atomic E-state index is -0.447. The largest absolute Gasteiger partial charge is 0.491 e. The molecule has 0 aliphatic carbocycles. The van der Waals surface area contributed by atoms with Gasteiger partial charge in [0.1, 0.15) is 23.9 Å². The van der Waals surface area contributed by atoms with Gasteiger partial charge in [-0.05, 0) is 18.2 Å². The van der Waals surface area contributed by atoms with Crippen molar-refractivity contribution in [3.8, 4) is 17.1 Å². The molecule has 1 aromatic carbocycles. The Labute approximate surface area is 144 Å². The highest BCUT2D eigenvalue weighted by molar-refractivity contribution is 5.97. The summed E-state index contributed by atoms with van der Waals surface area (Å²) in [6, 6.07) is 5.00. The predicted molar refractivity (Wildman–Crippen MR) is 91.0 cm³/mol. The molecule has 1 aliphatic rings. The van der Waals surface area contributed by atoms with Gasteiger partial charge >= 0.3 is 5.97 Å². The highest BCUT2D eigenvalue weighted by Gasteiger charge is 2.22. The maximum absolute atomic E-state index is 12.2. The van der Waals surface area contributed by atoms with E-state index in [1.807, 2.05) is 4.57 Å². The summed E-state index contributed by atoms with van der Waals surface area (Å²) in [7, 11) is 4.88. The number of amides is 1. The maximum atomic E-state index is 12.2. The fourth-order valence-electron chi connectivity index (χ4n) is 2.47. The number of nitrogens with zero attached hydrogens (tertiary/aromatic N) is 4. The number of imidazole rings is 1. The van der Waals surface area contributed by atoms with E-state index in [0.717, 1.165) is 0 Å². The molecule has 8 heteroatoms. The van der Waals surface area contributed by atoms with Crippen LogP contribution in [0, 0.1) is 0 Å². The van der Waals surface area contributed by atoms with Crippen LogP contribution in [0.4, 0.5) is 0 Å². The molecule has 2 aromatic rings. The van der Waals surface area contributed by atoms with Gasteiger partial charge in [-0.3, -0.25) is 4.79 Å². The monoisotopic (exact) mass is 342 g/mol. The Bertz CT molecular complexity index is 854. The van der Waals surface area contributed by atoms with E-state index >= 15 is 0 Å². The molecule has 0 saturated carbocycles. The van der Waals surface area contributed by atoms with Crippen LogP contribution in [0.2, 0.25) is 0 Å². The van der Waals surface area contributed by atoms with Crippen LogP contribution in [-0.4, -0.2) is 60.5 Å². The van der Waals surface area contributed by atoms with E-state index < -0.39 is 11.9 Å². The van der Waals surface area contributed by atoms with E-state index in [0.29, 0.717) is 35.9 Å². The lowest BCUT2D eigenvalue weighted by Gasteiger charge is -2.07. The predicted octanol–water partition coefficient (Wildman–Crippen LogP) is 1.46. The molecule has 0 saturated heterocycles. The van der Waals surface area contributed by atoms with Gasteiger partial charge in [0.05, 0.1) is 31.1 Å². The second kappa shape index (κ2) is 6.76. The van der Waals surface area contributed by atoms with E-state index in [9.17, 15) is 9.59 Å². The summed E-state index contributed by atoms with van der Waals surface area (Å²) in [5.74, 6) is 0.285. The SMILES string of the molecule is COC(=O)c1ccc2c(c1)-c1nc(C(=O)N=CN(C)C)cn1CCO2. The van der Waals surface area contributed by atoms with E-state index in [4.69, 9.17) is 9.47 Å². The van der Waals surface area contributed by atoms with Crippen LogP contribution in [0.3, 0.4) is 0 Å². The van der Waals surface area contributed by atoms with Gasteiger partial charge in [-0.1, -0.05) is 0 Å². The molecule has 1 aromatic heterocycles. The molecule has 1 amide bonds. The average Bonchev–Trinajstić information content (AvgIpc) is 2.95. The summed E-state index contributed by atoms with van der Waals surface area (Å²) in [6.45, 7) is 0.970. The van der Waals surface area contributed by atoms with Gasteiger partial charge in [0.2, 0.25) is 0 Å². The van der Waals surface area contributed by atoms with Crippen LogP contribution in [0.25, 0.3) is 11.4 Å². The number of hydrogen-bond acceptors (Lipinski definition) is 5. The van der Waals surface area contributed by atoms with Gasteiger partial charge in [-0.15, -0.1) is 0 Å². The summed E-state index contributed by atoms with van der Waals surface area (Å²) in [4.78, 5) is 33.9. The van der Waals surface area contributed by atoms with Gasteiger partial charge in [-0.2, -0.15) is 4.99 Å². The van der Waals surface area contributed by atoms with Crippen molar-refractivity contribution in [2.75, 3.05) is 27.8 Å². The first-order valence-corrected chi connectivity index (χ1v) is 7.67. The molecule has 0 N–H and O–H groups in total. The zero-order chi connectivity index (χ0) is 18.0. The van der Waals surface area contributed by atoms with E-state index in [2.05, 4.69) is 9.98 Å². The second-order valence-corrected chi connectivity index (χ2v) is 5.71. The third-order valence-corrected chi connectivity index (χ3v) is 3.63. The number of aliphatic imine (C=N–C) groups is 1. The lowest BCUT2D eigenvalue weighted by atomic mass is 10.1. The number of benzene rings is 1. The van der Waals surface area contributed by atoms with E-state index in [-0.39, 0.29) is 5.69 Å². The van der Waals surface area contributed by atoms with Crippen molar-refractivity contribution in [1.29, 1.82) is 0 Å². The zero-order valence-corrected chi connectivity index (χ0v) is 14.2. The van der Waals surface area contributed by atoms with Gasteiger partial charge < -0.3 is 18.9 Å². The fraction of sp³-hybridized carbons (Fsp3) is 0.294. The molecule has 3 rings (SSSR count). The molecular formula is C17H18N4O4. The Morgan fingerprint density at radius 3 is 2.92 bits per heavy atom. The number of carbonyl (C=O) groups excluding carboxylic acids is 2. The Kier molecular flexibility index (Phi) is 4.51. The van der Waals surface area contributed by atoms with E-state index in [1.165, 1.54) is 13.4 Å². The Hall–Kier alpha value is -3.16. The van der Waals surface area contributed by atoms with Crippen LogP contribution in [0.15, 0.2) is 29.4 Å². The van der Waals surface area contributed by atoms with Crippen LogP contribution in [0.1, 0.15) is 20.8 Å². The fourth-order valence-corrected chi connectivity index (χ4v) is 2.47. The summed E-state index contributed by atoms with van der Waals surface area (Å²) >= 11 is 0. The molecule has 0 fully saturated rings. The number of hydrogen-bond donors (Lipinski definition) is 0. The van der Waals surface area contributed by atoms with Crippen LogP contribution in [0.5, 0.6) is 5.75 Å². The van der Waals surface area contributed by atoms with Crippen molar-refractivity contribution in [3.63, 3.8) is 0 Å². The highest BCUT2D eigenvalue weighted by atomic mass is 16.5. The molecule has 1 aliphatic heterocycles. The first-order chi connectivity index (χ1) is 12.0. The Morgan fingerprint density at radius 1 is 1.40 bits per heavy atom. The minimum Gasteiger partial charge on any atom is -0.491 e. The average molecular weight is 342 g/mol. The molecular weight excluding hydrogens is 324 g/mol. The molecule has 8 nitrogen and oxygen atoms in total. The summed E-state index contributed by atoms with van der Waals surface area (Å²) < 4.78 is 12.3. The summed E-state index contributed by atoms with van der Waals surface area (Å²) in [5.41, 5.74) is 1.26. The van der Waals surface area contributed by atoms with Crippen LogP contribution >= 0.6 is 0 Å². The summed E-state index contributed by atoms with van der Waals surface area (Å²) in [6.07, 6.45) is 3.08. The molecule has 0 bridgehead atoms. The lowest BCUT2D eigenvalue weighted by molar-refractivity contribution is 0.0600. The zero-order valence-electron chi connectivity index (χ0n) is 14.2. The molecule has 25 heavy (non-hydrogen) atoms. The van der Waals surface area contributed by atoms with Crippen molar-refractivity contribution >= 4 is 18.2 Å². The summed E-state index contributed by atoms with van der Waals surface area (Å²) in [5, 5.41) is 0. The molecule has 0 spiro atoms. The van der Waals surface area contributed by atoms with Gasteiger partial charge in [0, 0.05) is 20.3 Å². The number of ether oxygens (including phenoxy) is 2. The first-order valence-electron chi connectivity index (χ1n) is 7.67. The van der Waals surface area contributed by atoms with Crippen molar-refractivity contribution in [2.24, 2.45) is 4.99 Å². The molecule has 0 radical (unpaired) electrons. The number of methoxy groups -OCH3 is 1. The number of fused-ring (bicyclic) bond motifs is 3. The topological polar surface area (TPSA) is 86.0 Å². The molecule has 2 heterocycles. The third-order valence-electron chi connectivity index (χ3n) is 3.63. The quantitative estimate of drug-likeness (QED) is 0.477. The standard InChI is InChI=1S/C17H18N4O4/c1-20(2)10-18-16(22)13-9-21-6-7-25-14-5-4-11(17(23)24-3)8-12(14)15(21)19-13/h4-5,8-10H,6-7H2,1-3H3. The molecule has 130 valence electrons. The van der Waals surface area contributed by atoms with Crippen molar-refractivity contribution < 1.29 is 19.1 Å².